The molecule has 4 heteroatoms. The molecule has 0 amide bonds. The molecule has 0 unspecified atom stereocenters. The van der Waals surface area contributed by atoms with Gasteiger partial charge in [0.1, 0.15) is 0 Å². The number of nitrogens with zero attached hydrogens (tertiary/aromatic N) is 1. The van der Waals surface area contributed by atoms with E-state index in [1.165, 1.54) is 0 Å². The molecule has 0 saturated carbocycles. The monoisotopic (exact) mass is 303 g/mol. The lowest BCUT2D eigenvalue weighted by Crippen LogP contribution is -2.06. The lowest BCUT2D eigenvalue weighted by Gasteiger charge is -2.11. The summed E-state index contributed by atoms with van der Waals surface area (Å²) in [5, 5.41) is 1.24. The number of hydrogen-bond donors (Lipinski definition) is 0. The summed E-state index contributed by atoms with van der Waals surface area (Å²) in [7, 11) is 0. The Balaban J connectivity index is 2.23. The largest absolute Gasteiger partial charge is 0.297 e. The molecule has 0 spiro atoms. The first kappa shape index (κ1) is 13.3. The Morgan fingerprint density at radius 2 is 1.80 bits per heavy atom. The zero-order valence-corrected chi connectivity index (χ0v) is 12.1. The molecule has 20 heavy (non-hydrogen) atoms. The van der Waals surface area contributed by atoms with Crippen molar-refractivity contribution in [3.63, 3.8) is 0 Å². The van der Waals surface area contributed by atoms with Crippen molar-refractivity contribution in [1.29, 1.82) is 0 Å². The van der Waals surface area contributed by atoms with Crippen LogP contribution in [0.25, 0.3) is 0 Å². The van der Waals surface area contributed by atoms with Crippen LogP contribution in [0.2, 0.25) is 10.0 Å². The summed E-state index contributed by atoms with van der Waals surface area (Å²) in [5.74, 6) is 0.0932. The van der Waals surface area contributed by atoms with Crippen molar-refractivity contribution in [2.24, 2.45) is 4.99 Å². The van der Waals surface area contributed by atoms with E-state index in [0.717, 1.165) is 22.4 Å². The van der Waals surface area contributed by atoms with Crippen molar-refractivity contribution in [3.8, 4) is 0 Å². The van der Waals surface area contributed by atoms with Crippen LogP contribution in [0.5, 0.6) is 0 Å². The molecule has 0 aromatic heterocycles. The van der Waals surface area contributed by atoms with Gasteiger partial charge in [-0.25, -0.2) is 0 Å². The second-order valence-electron chi connectivity index (χ2n) is 4.66. The number of benzene rings is 2. The third-order valence-corrected chi connectivity index (χ3v) is 3.82. The predicted octanol–water partition coefficient (Wildman–Crippen LogP) is 3.96. The molecule has 0 fully saturated rings. The highest BCUT2D eigenvalue weighted by molar-refractivity contribution is 6.36. The third-order valence-electron chi connectivity index (χ3n) is 3.26. The topological polar surface area (TPSA) is 29.4 Å². The third kappa shape index (κ3) is 2.49. The molecule has 1 aliphatic heterocycles. The van der Waals surface area contributed by atoms with Crippen LogP contribution in [0.3, 0.4) is 0 Å². The quantitative estimate of drug-likeness (QED) is 0.784. The van der Waals surface area contributed by atoms with Crippen molar-refractivity contribution >= 4 is 34.7 Å². The predicted molar refractivity (Wildman–Crippen MR) is 82.1 cm³/mol. The summed E-state index contributed by atoms with van der Waals surface area (Å²) in [4.78, 5) is 16.3. The number of carbonyl (C=O) groups excluding carboxylic acids is 1. The minimum Gasteiger partial charge on any atom is -0.297 e. The normalized spacial score (nSPS) is 14.5. The lowest BCUT2D eigenvalue weighted by atomic mass is 9.96. The fourth-order valence-electron chi connectivity index (χ4n) is 2.33. The lowest BCUT2D eigenvalue weighted by molar-refractivity contribution is -0.117. The van der Waals surface area contributed by atoms with Gasteiger partial charge in [-0.3, -0.25) is 9.79 Å². The zero-order chi connectivity index (χ0) is 14.1. The maximum Gasteiger partial charge on any atom is 0.158 e. The van der Waals surface area contributed by atoms with Gasteiger partial charge in [0, 0.05) is 27.6 Å². The SMILES string of the molecule is O=C1CN=C(c2ccccc2Cl)c2cc(Cl)ccc2C1. The molecular weight excluding hydrogens is 293 g/mol. The molecular formula is C16H11Cl2NO. The Morgan fingerprint density at radius 3 is 2.60 bits per heavy atom. The Bertz CT molecular complexity index is 722. The van der Waals surface area contributed by atoms with Gasteiger partial charge in [0.15, 0.2) is 5.78 Å². The Hall–Kier alpha value is -1.64. The maximum atomic E-state index is 11.8. The van der Waals surface area contributed by atoms with E-state index in [2.05, 4.69) is 4.99 Å². The van der Waals surface area contributed by atoms with Crippen molar-refractivity contribution in [2.45, 2.75) is 6.42 Å². The van der Waals surface area contributed by atoms with Crippen molar-refractivity contribution in [3.05, 3.63) is 69.2 Å². The van der Waals surface area contributed by atoms with E-state index >= 15 is 0 Å². The molecule has 0 N–H and O–H groups in total. The van der Waals surface area contributed by atoms with Crippen LogP contribution in [0.15, 0.2) is 47.5 Å². The van der Waals surface area contributed by atoms with Crippen molar-refractivity contribution in [1.82, 2.24) is 0 Å². The van der Waals surface area contributed by atoms with Crippen molar-refractivity contribution < 1.29 is 4.79 Å². The number of ketones is 1. The molecule has 1 heterocycles. The van der Waals surface area contributed by atoms with Crippen LogP contribution in [0.4, 0.5) is 0 Å². The second kappa shape index (κ2) is 5.39. The minimum atomic E-state index is 0.0932. The molecule has 0 bridgehead atoms. The molecule has 2 nitrogen and oxygen atoms in total. The molecule has 0 saturated heterocycles. The van der Waals surface area contributed by atoms with Gasteiger partial charge in [0.05, 0.1) is 12.3 Å². The molecule has 0 atom stereocenters. The van der Waals surface area contributed by atoms with E-state index in [1.807, 2.05) is 36.4 Å². The highest BCUT2D eigenvalue weighted by Crippen LogP contribution is 2.26. The van der Waals surface area contributed by atoms with Crippen molar-refractivity contribution in [2.75, 3.05) is 6.54 Å². The van der Waals surface area contributed by atoms with Gasteiger partial charge < -0.3 is 0 Å². The number of fused-ring (bicyclic) bond motifs is 1. The second-order valence-corrected chi connectivity index (χ2v) is 5.51. The van der Waals surface area contributed by atoms with E-state index in [-0.39, 0.29) is 12.3 Å². The fourth-order valence-corrected chi connectivity index (χ4v) is 2.72. The van der Waals surface area contributed by atoms with Gasteiger partial charge in [0.2, 0.25) is 0 Å². The molecule has 2 aromatic rings. The molecule has 100 valence electrons. The minimum absolute atomic E-state index is 0.0932. The first-order valence-electron chi connectivity index (χ1n) is 6.25. The first-order chi connectivity index (χ1) is 9.65. The van der Waals surface area contributed by atoms with E-state index in [9.17, 15) is 4.79 Å². The Kier molecular flexibility index (Phi) is 3.60. The van der Waals surface area contributed by atoms with Gasteiger partial charge in [-0.1, -0.05) is 47.5 Å². The molecule has 0 radical (unpaired) electrons. The standard InChI is InChI=1S/C16H11Cl2NO/c17-11-6-5-10-7-12(20)9-19-16(14(10)8-11)13-3-1-2-4-15(13)18/h1-6,8H,7,9H2. The average Bonchev–Trinajstić information content (AvgIpc) is 2.58. The van der Waals surface area contributed by atoms with Crippen LogP contribution in [-0.2, 0) is 11.2 Å². The fraction of sp³-hybridized carbons (Fsp3) is 0.125. The summed E-state index contributed by atoms with van der Waals surface area (Å²) in [6.45, 7) is 0.173. The van der Waals surface area contributed by atoms with E-state index in [0.29, 0.717) is 16.5 Å². The number of halogens is 2. The van der Waals surface area contributed by atoms with E-state index in [1.54, 1.807) is 6.07 Å². The summed E-state index contributed by atoms with van der Waals surface area (Å²) in [6.07, 6.45) is 0.379. The number of aliphatic imine (C=N–C) groups is 1. The van der Waals surface area contributed by atoms with Gasteiger partial charge in [0.25, 0.3) is 0 Å². The zero-order valence-electron chi connectivity index (χ0n) is 10.6. The number of carbonyl (C=O) groups is 1. The first-order valence-corrected chi connectivity index (χ1v) is 7.00. The van der Waals surface area contributed by atoms with Crippen LogP contribution in [0, 0.1) is 0 Å². The maximum absolute atomic E-state index is 11.8. The summed E-state index contributed by atoms with van der Waals surface area (Å²) >= 11 is 12.3. The summed E-state index contributed by atoms with van der Waals surface area (Å²) in [5.41, 5.74) is 3.39. The smallest absolute Gasteiger partial charge is 0.158 e. The van der Waals surface area contributed by atoms with Gasteiger partial charge in [-0.15, -0.1) is 0 Å². The van der Waals surface area contributed by atoms with Crippen LogP contribution in [-0.4, -0.2) is 18.0 Å². The molecule has 2 aromatic carbocycles. The summed E-state index contributed by atoms with van der Waals surface area (Å²) in [6, 6.07) is 13.0. The average molecular weight is 304 g/mol. The highest BCUT2D eigenvalue weighted by atomic mass is 35.5. The molecule has 1 aliphatic rings. The molecule has 0 aliphatic carbocycles. The number of Topliss-reactive ketones (excluding diaryl/α,β-unsaturated/α-hetero) is 1. The van der Waals surface area contributed by atoms with Gasteiger partial charge in [-0.05, 0) is 23.8 Å². The summed E-state index contributed by atoms with van der Waals surface area (Å²) < 4.78 is 0. The van der Waals surface area contributed by atoms with E-state index < -0.39 is 0 Å². The number of rotatable bonds is 1. The molecule has 3 rings (SSSR count). The van der Waals surface area contributed by atoms with Crippen LogP contribution < -0.4 is 0 Å². The Labute approximate surface area is 127 Å². The van der Waals surface area contributed by atoms with Gasteiger partial charge in [-0.2, -0.15) is 0 Å². The van der Waals surface area contributed by atoms with Crippen LogP contribution in [0.1, 0.15) is 16.7 Å². The Morgan fingerprint density at radius 1 is 1.00 bits per heavy atom. The van der Waals surface area contributed by atoms with E-state index in [4.69, 9.17) is 23.2 Å². The van der Waals surface area contributed by atoms with Crippen LogP contribution >= 0.6 is 23.2 Å². The highest BCUT2D eigenvalue weighted by Gasteiger charge is 2.20. The number of hydrogen-bond acceptors (Lipinski definition) is 2. The van der Waals surface area contributed by atoms with Gasteiger partial charge >= 0.3 is 0 Å².